The van der Waals surface area contributed by atoms with Gasteiger partial charge in [-0.25, -0.2) is 4.79 Å². The van der Waals surface area contributed by atoms with E-state index in [9.17, 15) is 14.4 Å². The van der Waals surface area contributed by atoms with E-state index in [2.05, 4.69) is 4.98 Å². The van der Waals surface area contributed by atoms with Crippen LogP contribution in [0.5, 0.6) is 0 Å². The Hall–Kier alpha value is -1.73. The zero-order valence-electron chi connectivity index (χ0n) is 10.4. The fourth-order valence-electron chi connectivity index (χ4n) is 1.37. The highest BCUT2D eigenvalue weighted by molar-refractivity contribution is 5.93. The van der Waals surface area contributed by atoms with Gasteiger partial charge in [0.15, 0.2) is 5.78 Å². The van der Waals surface area contributed by atoms with Gasteiger partial charge < -0.3 is 14.5 Å². The van der Waals surface area contributed by atoms with Gasteiger partial charge >= 0.3 is 5.69 Å². The molecule has 0 fully saturated rings. The van der Waals surface area contributed by atoms with Crippen LogP contribution in [0.15, 0.2) is 15.8 Å². The first-order valence-electron chi connectivity index (χ1n) is 5.48. The van der Waals surface area contributed by atoms with Crippen LogP contribution < -0.4 is 11.2 Å². The Bertz CT molecular complexity index is 517. The van der Waals surface area contributed by atoms with Crippen LogP contribution in [0.25, 0.3) is 0 Å². The van der Waals surface area contributed by atoms with Crippen LogP contribution in [-0.4, -0.2) is 42.3 Å². The molecule has 1 heterocycles. The fourth-order valence-corrected chi connectivity index (χ4v) is 1.37. The third-order valence-corrected chi connectivity index (χ3v) is 2.33. The van der Waals surface area contributed by atoms with E-state index in [0.29, 0.717) is 13.2 Å². The summed E-state index contributed by atoms with van der Waals surface area (Å²) in [5.74, 6) is -0.384. The predicted octanol–water partition coefficient (Wildman–Crippen LogP) is -0.598. The second kappa shape index (κ2) is 6.87. The van der Waals surface area contributed by atoms with Crippen molar-refractivity contribution in [3.63, 3.8) is 0 Å². The van der Waals surface area contributed by atoms with Crippen LogP contribution in [0, 0.1) is 0 Å². The van der Waals surface area contributed by atoms with E-state index in [0.717, 1.165) is 10.8 Å². The fraction of sp³-hybridized carbons (Fsp3) is 0.545. The number of hydrogen-bond donors (Lipinski definition) is 1. The molecule has 0 bridgehead atoms. The molecular formula is C11H16N2O5. The SMILES string of the molecule is COCCOCCn1c(=O)[nH]cc(C(C)=O)c1=O. The van der Waals surface area contributed by atoms with Gasteiger partial charge in [-0.05, 0) is 6.92 Å². The quantitative estimate of drug-likeness (QED) is 0.520. The number of rotatable bonds is 7. The molecule has 0 aliphatic heterocycles. The van der Waals surface area contributed by atoms with Gasteiger partial charge in [0.2, 0.25) is 0 Å². The number of aromatic amines is 1. The molecule has 100 valence electrons. The minimum Gasteiger partial charge on any atom is -0.382 e. The van der Waals surface area contributed by atoms with Crippen molar-refractivity contribution in [3.8, 4) is 0 Å². The smallest absolute Gasteiger partial charge is 0.328 e. The van der Waals surface area contributed by atoms with Crippen molar-refractivity contribution in [1.29, 1.82) is 0 Å². The van der Waals surface area contributed by atoms with E-state index in [1.165, 1.54) is 6.92 Å². The summed E-state index contributed by atoms with van der Waals surface area (Å²) in [5.41, 5.74) is -1.19. The molecule has 1 aromatic rings. The summed E-state index contributed by atoms with van der Waals surface area (Å²) in [7, 11) is 1.55. The molecule has 0 aromatic carbocycles. The summed E-state index contributed by atoms with van der Waals surface area (Å²) in [5, 5.41) is 0. The summed E-state index contributed by atoms with van der Waals surface area (Å²) < 4.78 is 10.9. The lowest BCUT2D eigenvalue weighted by Gasteiger charge is -2.06. The predicted molar refractivity (Wildman–Crippen MR) is 64.0 cm³/mol. The molecule has 0 saturated heterocycles. The average Bonchev–Trinajstić information content (AvgIpc) is 2.32. The summed E-state index contributed by atoms with van der Waals surface area (Å²) in [6.45, 7) is 2.40. The summed E-state index contributed by atoms with van der Waals surface area (Å²) in [6, 6.07) is 0. The van der Waals surface area contributed by atoms with Crippen LogP contribution in [0.4, 0.5) is 0 Å². The Morgan fingerprint density at radius 3 is 2.67 bits per heavy atom. The van der Waals surface area contributed by atoms with Gasteiger partial charge in [-0.3, -0.25) is 14.2 Å². The summed E-state index contributed by atoms with van der Waals surface area (Å²) in [4.78, 5) is 36.8. The maximum atomic E-state index is 11.8. The molecule has 0 saturated carbocycles. The number of nitrogens with zero attached hydrogens (tertiary/aromatic N) is 1. The van der Waals surface area contributed by atoms with E-state index in [1.54, 1.807) is 7.11 Å². The monoisotopic (exact) mass is 256 g/mol. The maximum Gasteiger partial charge on any atom is 0.328 e. The minimum absolute atomic E-state index is 0.0357. The van der Waals surface area contributed by atoms with Crippen molar-refractivity contribution in [3.05, 3.63) is 32.6 Å². The van der Waals surface area contributed by atoms with E-state index >= 15 is 0 Å². The van der Waals surface area contributed by atoms with Crippen LogP contribution >= 0.6 is 0 Å². The first-order chi connectivity index (χ1) is 8.57. The molecule has 0 unspecified atom stereocenters. The summed E-state index contributed by atoms with van der Waals surface area (Å²) in [6.07, 6.45) is 1.13. The first-order valence-corrected chi connectivity index (χ1v) is 5.48. The third-order valence-electron chi connectivity index (χ3n) is 2.33. The number of carbonyl (C=O) groups excluding carboxylic acids is 1. The number of nitrogens with one attached hydrogen (secondary N) is 1. The van der Waals surface area contributed by atoms with Gasteiger partial charge in [-0.1, -0.05) is 0 Å². The van der Waals surface area contributed by atoms with Crippen molar-refractivity contribution < 1.29 is 14.3 Å². The van der Waals surface area contributed by atoms with Crippen molar-refractivity contribution in [2.24, 2.45) is 0 Å². The van der Waals surface area contributed by atoms with E-state index in [4.69, 9.17) is 9.47 Å². The second-order valence-electron chi connectivity index (χ2n) is 3.63. The zero-order valence-corrected chi connectivity index (χ0v) is 10.4. The molecule has 0 radical (unpaired) electrons. The lowest BCUT2D eigenvalue weighted by atomic mass is 10.2. The van der Waals surface area contributed by atoms with Crippen LogP contribution in [0.2, 0.25) is 0 Å². The zero-order chi connectivity index (χ0) is 13.5. The summed E-state index contributed by atoms with van der Waals surface area (Å²) >= 11 is 0. The molecular weight excluding hydrogens is 240 g/mol. The van der Waals surface area contributed by atoms with Crippen LogP contribution in [0.1, 0.15) is 17.3 Å². The standard InChI is InChI=1S/C11H16N2O5/c1-8(14)9-7-12-11(16)13(10(9)15)3-4-18-6-5-17-2/h7H,3-6H2,1-2H3,(H,12,16). The van der Waals surface area contributed by atoms with E-state index < -0.39 is 11.2 Å². The second-order valence-corrected chi connectivity index (χ2v) is 3.63. The van der Waals surface area contributed by atoms with Crippen molar-refractivity contribution in [2.75, 3.05) is 26.9 Å². The lowest BCUT2D eigenvalue weighted by Crippen LogP contribution is -2.38. The lowest BCUT2D eigenvalue weighted by molar-refractivity contribution is 0.0657. The molecule has 7 nitrogen and oxygen atoms in total. The number of methoxy groups -OCH3 is 1. The Morgan fingerprint density at radius 1 is 1.33 bits per heavy atom. The van der Waals surface area contributed by atoms with Crippen LogP contribution in [0.3, 0.4) is 0 Å². The van der Waals surface area contributed by atoms with Gasteiger partial charge in [0.1, 0.15) is 0 Å². The van der Waals surface area contributed by atoms with E-state index in [1.807, 2.05) is 0 Å². The molecule has 0 spiro atoms. The molecule has 1 aromatic heterocycles. The number of ether oxygens (including phenoxy) is 2. The minimum atomic E-state index is -0.596. The number of carbonyl (C=O) groups is 1. The molecule has 1 N–H and O–H groups in total. The van der Waals surface area contributed by atoms with Gasteiger partial charge in [0.05, 0.1) is 31.9 Å². The number of aromatic nitrogens is 2. The van der Waals surface area contributed by atoms with Crippen molar-refractivity contribution in [1.82, 2.24) is 9.55 Å². The first kappa shape index (κ1) is 14.3. The molecule has 1 rings (SSSR count). The number of hydrogen-bond acceptors (Lipinski definition) is 5. The molecule has 0 aliphatic carbocycles. The van der Waals surface area contributed by atoms with Gasteiger partial charge in [-0.15, -0.1) is 0 Å². The average molecular weight is 256 g/mol. The largest absolute Gasteiger partial charge is 0.382 e. The van der Waals surface area contributed by atoms with Gasteiger partial charge in [0.25, 0.3) is 5.56 Å². The van der Waals surface area contributed by atoms with Crippen molar-refractivity contribution >= 4 is 5.78 Å². The van der Waals surface area contributed by atoms with Gasteiger partial charge in [-0.2, -0.15) is 0 Å². The highest BCUT2D eigenvalue weighted by atomic mass is 16.5. The Morgan fingerprint density at radius 2 is 2.06 bits per heavy atom. The Labute approximate surface area is 103 Å². The molecule has 7 heteroatoms. The number of H-pyrrole nitrogens is 1. The van der Waals surface area contributed by atoms with Gasteiger partial charge in [0, 0.05) is 13.3 Å². The van der Waals surface area contributed by atoms with Crippen LogP contribution in [-0.2, 0) is 16.0 Å². The number of Topliss-reactive ketones (excluding diaryl/α,β-unsaturated/α-hetero) is 1. The highest BCUT2D eigenvalue weighted by Crippen LogP contribution is 1.88. The molecule has 0 amide bonds. The highest BCUT2D eigenvalue weighted by Gasteiger charge is 2.10. The third kappa shape index (κ3) is 3.64. The number of ketones is 1. The normalized spacial score (nSPS) is 10.6. The molecule has 18 heavy (non-hydrogen) atoms. The topological polar surface area (TPSA) is 90.4 Å². The Kier molecular flexibility index (Phi) is 5.47. The van der Waals surface area contributed by atoms with E-state index in [-0.39, 0.29) is 24.5 Å². The molecule has 0 aliphatic rings. The molecule has 0 atom stereocenters. The maximum absolute atomic E-state index is 11.8. The van der Waals surface area contributed by atoms with Crippen molar-refractivity contribution in [2.45, 2.75) is 13.5 Å². The Balaban J connectivity index is 2.76.